The molecule has 1 aliphatic carbocycles. The minimum atomic E-state index is -0.830. The molecule has 0 N–H and O–H groups in total. The molecule has 1 amide bonds. The maximum Gasteiger partial charge on any atom is 0.414 e. The van der Waals surface area contributed by atoms with E-state index in [0.717, 1.165) is 12.1 Å². The number of fused-ring (bicyclic) bond motifs is 1. The van der Waals surface area contributed by atoms with Crippen molar-refractivity contribution in [2.24, 2.45) is 11.8 Å². The summed E-state index contributed by atoms with van der Waals surface area (Å²) in [5.74, 6) is -1.44. The quantitative estimate of drug-likeness (QED) is 0.572. The lowest BCUT2D eigenvalue weighted by molar-refractivity contribution is 0.129. The molecule has 0 spiro atoms. The van der Waals surface area contributed by atoms with Crippen LogP contribution in [0, 0.1) is 34.8 Å². The van der Waals surface area contributed by atoms with Gasteiger partial charge in [-0.05, 0) is 18.2 Å². The van der Waals surface area contributed by atoms with Gasteiger partial charge in [0.15, 0.2) is 0 Å². The van der Waals surface area contributed by atoms with Crippen molar-refractivity contribution in [1.82, 2.24) is 20.0 Å². The van der Waals surface area contributed by atoms with E-state index in [0.29, 0.717) is 18.9 Å². The van der Waals surface area contributed by atoms with Gasteiger partial charge in [0.05, 0.1) is 55.5 Å². The fraction of sp³-hybridized carbons (Fsp3) is 0.348. The van der Waals surface area contributed by atoms with Gasteiger partial charge in [-0.1, -0.05) is 11.3 Å². The Morgan fingerprint density at radius 3 is 2.59 bits per heavy atom. The zero-order valence-electron chi connectivity index (χ0n) is 17.8. The number of hydrogen-bond acceptors (Lipinski definition) is 7. The highest BCUT2D eigenvalue weighted by Gasteiger charge is 2.70. The zero-order valence-corrected chi connectivity index (χ0v) is 17.8. The van der Waals surface area contributed by atoms with Crippen LogP contribution in [0.2, 0.25) is 0 Å². The lowest BCUT2D eigenvalue weighted by atomic mass is 9.96. The molecule has 4 atom stereocenters. The Kier molecular flexibility index (Phi) is 4.60. The van der Waals surface area contributed by atoms with E-state index in [1.807, 2.05) is 0 Å². The highest BCUT2D eigenvalue weighted by molar-refractivity contribution is 5.90. The minimum absolute atomic E-state index is 0.0589. The molecule has 172 valence electrons. The maximum atomic E-state index is 15.0. The van der Waals surface area contributed by atoms with E-state index >= 15 is 8.78 Å². The van der Waals surface area contributed by atoms with E-state index in [1.165, 1.54) is 22.0 Å². The molecule has 1 unspecified atom stereocenters. The second-order valence-electron chi connectivity index (χ2n) is 8.69. The van der Waals surface area contributed by atoms with Crippen LogP contribution < -0.4 is 4.90 Å². The monoisotopic (exact) mass is 464 g/mol. The van der Waals surface area contributed by atoms with Crippen LogP contribution in [0.4, 0.5) is 19.3 Å². The van der Waals surface area contributed by atoms with Gasteiger partial charge in [0.1, 0.15) is 23.2 Å². The topological polar surface area (TPSA) is 106 Å². The number of hydrogen-bond donors (Lipinski definition) is 0. The van der Waals surface area contributed by atoms with E-state index < -0.39 is 29.2 Å². The standard InChI is InChI=1S/C23H18F2N6O3/c24-18-5-14(31-9-15(34-22(31)32)8-30-4-3-28-29-30)6-19(25)21(18)13-1-2-20(27-7-13)23(12-26)16-10-33-11-17(16)23/h1-7,15-17H,8-11H2/t15-,16-,17+,23?/m0/s1. The van der Waals surface area contributed by atoms with Crippen molar-refractivity contribution in [2.75, 3.05) is 24.7 Å². The fourth-order valence-electron chi connectivity index (χ4n) is 5.10. The summed E-state index contributed by atoms with van der Waals surface area (Å²) in [6.45, 7) is 1.44. The number of carbonyl (C=O) groups is 1. The van der Waals surface area contributed by atoms with Crippen molar-refractivity contribution >= 4 is 11.8 Å². The van der Waals surface area contributed by atoms with Gasteiger partial charge in [0.25, 0.3) is 0 Å². The average Bonchev–Trinajstić information content (AvgIpc) is 3.34. The van der Waals surface area contributed by atoms with Crippen LogP contribution in [0.15, 0.2) is 42.9 Å². The molecule has 3 aromatic rings. The number of amides is 1. The van der Waals surface area contributed by atoms with Gasteiger partial charge >= 0.3 is 6.09 Å². The second-order valence-corrected chi connectivity index (χ2v) is 8.69. The van der Waals surface area contributed by atoms with Crippen molar-refractivity contribution < 1.29 is 23.0 Å². The molecule has 3 aliphatic rings. The van der Waals surface area contributed by atoms with Crippen molar-refractivity contribution in [1.29, 1.82) is 5.26 Å². The summed E-state index contributed by atoms with van der Waals surface area (Å²) in [6, 6.07) is 7.78. The number of halogens is 2. The van der Waals surface area contributed by atoms with E-state index in [2.05, 4.69) is 21.4 Å². The Labute approximate surface area is 192 Å². The van der Waals surface area contributed by atoms with Crippen LogP contribution in [-0.4, -0.2) is 51.9 Å². The van der Waals surface area contributed by atoms with E-state index in [-0.39, 0.29) is 41.7 Å². The molecule has 0 radical (unpaired) electrons. The molecular weight excluding hydrogens is 446 g/mol. The van der Waals surface area contributed by atoms with Gasteiger partial charge in [-0.25, -0.2) is 18.3 Å². The van der Waals surface area contributed by atoms with Crippen molar-refractivity contribution in [2.45, 2.75) is 18.1 Å². The van der Waals surface area contributed by atoms with Gasteiger partial charge in [-0.3, -0.25) is 9.88 Å². The summed E-state index contributed by atoms with van der Waals surface area (Å²) in [7, 11) is 0. The largest absolute Gasteiger partial charge is 0.442 e. The summed E-state index contributed by atoms with van der Waals surface area (Å²) in [4.78, 5) is 17.9. The molecule has 3 fully saturated rings. The maximum absolute atomic E-state index is 15.0. The summed E-state index contributed by atoms with van der Waals surface area (Å²) >= 11 is 0. The SMILES string of the molecule is N#CC1(c2ccc(-c3c(F)cc(N4C[C@H](Cn5ccnn5)OC4=O)cc3F)cn2)[C@@H]2COC[C@@H]21. The fourth-order valence-corrected chi connectivity index (χ4v) is 5.10. The first kappa shape index (κ1) is 20.7. The van der Waals surface area contributed by atoms with Gasteiger partial charge in [-0.2, -0.15) is 5.26 Å². The number of nitriles is 1. The number of nitrogens with zero attached hydrogens (tertiary/aromatic N) is 6. The summed E-state index contributed by atoms with van der Waals surface area (Å²) in [5, 5.41) is 17.2. The molecule has 11 heteroatoms. The summed E-state index contributed by atoms with van der Waals surface area (Å²) in [5.41, 5.74) is -0.0406. The van der Waals surface area contributed by atoms with Crippen LogP contribution in [0.1, 0.15) is 5.69 Å². The number of benzene rings is 1. The third kappa shape index (κ3) is 3.06. The predicted molar refractivity (Wildman–Crippen MR) is 112 cm³/mol. The smallest absolute Gasteiger partial charge is 0.414 e. The van der Waals surface area contributed by atoms with Crippen molar-refractivity contribution in [3.63, 3.8) is 0 Å². The molecule has 0 bridgehead atoms. The minimum Gasteiger partial charge on any atom is -0.442 e. The number of carbonyl (C=O) groups excluding carboxylic acids is 1. The van der Waals surface area contributed by atoms with Crippen LogP contribution >= 0.6 is 0 Å². The third-order valence-corrected chi connectivity index (χ3v) is 6.88. The summed E-state index contributed by atoms with van der Waals surface area (Å²) in [6.07, 6.45) is 3.29. The lowest BCUT2D eigenvalue weighted by Crippen LogP contribution is -2.26. The third-order valence-electron chi connectivity index (χ3n) is 6.88. The first-order valence-electron chi connectivity index (χ1n) is 10.8. The molecule has 2 aliphatic heterocycles. The number of pyridine rings is 1. The van der Waals surface area contributed by atoms with Gasteiger partial charge in [-0.15, -0.1) is 5.10 Å². The first-order valence-corrected chi connectivity index (χ1v) is 10.8. The Bertz CT molecular complexity index is 1270. The molecular formula is C23H18F2N6O3. The lowest BCUT2D eigenvalue weighted by Gasteiger charge is -2.16. The number of aromatic nitrogens is 4. The number of anilines is 1. The highest BCUT2D eigenvalue weighted by Crippen LogP contribution is 2.62. The Morgan fingerprint density at radius 2 is 1.97 bits per heavy atom. The van der Waals surface area contributed by atoms with E-state index in [1.54, 1.807) is 18.3 Å². The predicted octanol–water partition coefficient (Wildman–Crippen LogP) is 2.68. The van der Waals surface area contributed by atoms with Crippen molar-refractivity contribution in [3.05, 3.63) is 60.2 Å². The van der Waals surface area contributed by atoms with Crippen LogP contribution in [-0.2, 0) is 21.4 Å². The van der Waals surface area contributed by atoms with Gasteiger partial charge < -0.3 is 9.47 Å². The van der Waals surface area contributed by atoms with E-state index in [4.69, 9.17) is 9.47 Å². The Hall–Kier alpha value is -3.91. The number of cyclic esters (lactones) is 1. The number of ether oxygens (including phenoxy) is 2. The molecule has 9 nitrogen and oxygen atoms in total. The Morgan fingerprint density at radius 1 is 1.21 bits per heavy atom. The molecule has 4 heterocycles. The summed E-state index contributed by atoms with van der Waals surface area (Å²) < 4.78 is 42.3. The van der Waals surface area contributed by atoms with Gasteiger partial charge in [0, 0.05) is 29.8 Å². The highest BCUT2D eigenvalue weighted by atomic mass is 19.1. The molecule has 2 saturated heterocycles. The molecule has 6 rings (SSSR count). The number of rotatable bonds is 5. The molecule has 2 aromatic heterocycles. The zero-order chi connectivity index (χ0) is 23.4. The van der Waals surface area contributed by atoms with Crippen LogP contribution in [0.25, 0.3) is 11.1 Å². The second kappa shape index (κ2) is 7.56. The van der Waals surface area contributed by atoms with Crippen molar-refractivity contribution in [3.8, 4) is 17.2 Å². The van der Waals surface area contributed by atoms with E-state index in [9.17, 15) is 10.1 Å². The normalized spacial score (nSPS) is 27.4. The first-order chi connectivity index (χ1) is 16.5. The van der Waals surface area contributed by atoms with Crippen LogP contribution in [0.3, 0.4) is 0 Å². The molecule has 34 heavy (non-hydrogen) atoms. The molecule has 1 saturated carbocycles. The average molecular weight is 464 g/mol. The van der Waals surface area contributed by atoms with Gasteiger partial charge in [0.2, 0.25) is 0 Å². The Balaban J connectivity index is 1.24. The molecule has 1 aromatic carbocycles. The van der Waals surface area contributed by atoms with Crippen LogP contribution in [0.5, 0.6) is 0 Å².